The van der Waals surface area contributed by atoms with Gasteiger partial charge in [-0.15, -0.1) is 0 Å². The van der Waals surface area contributed by atoms with Crippen LogP contribution >= 0.6 is 0 Å². The van der Waals surface area contributed by atoms with Crippen molar-refractivity contribution in [3.05, 3.63) is 36.3 Å². The molecule has 1 amide bonds. The number of anilines is 1. The number of carbonyl (C=O) groups excluding carboxylic acids is 1. The first kappa shape index (κ1) is 17.3. The lowest BCUT2D eigenvalue weighted by atomic mass is 10.3. The Bertz CT molecular complexity index is 696. The van der Waals surface area contributed by atoms with E-state index in [2.05, 4.69) is 5.32 Å². The third kappa shape index (κ3) is 4.02. The molecule has 1 aliphatic rings. The maximum absolute atomic E-state index is 12.5. The maximum atomic E-state index is 12.5. The summed E-state index contributed by atoms with van der Waals surface area (Å²) in [5.41, 5.74) is 0.373. The molecule has 23 heavy (non-hydrogen) atoms. The molecule has 0 aromatic heterocycles. The number of sulfonamides is 1. The highest BCUT2D eigenvalue weighted by Gasteiger charge is 2.22. The maximum Gasteiger partial charge on any atom is 0.294 e. The molecule has 0 radical (unpaired) electrons. The minimum atomic E-state index is -3.57. The predicted molar refractivity (Wildman–Crippen MR) is 85.2 cm³/mol. The SMILES string of the molecule is CCN(CC)S(=O)(=O)c1cccc(NC(=O)C2=COCCO2)c1. The van der Waals surface area contributed by atoms with Gasteiger partial charge >= 0.3 is 0 Å². The molecule has 7 nitrogen and oxygen atoms in total. The van der Waals surface area contributed by atoms with Crippen LogP contribution in [0.5, 0.6) is 0 Å². The third-order valence-corrected chi connectivity index (χ3v) is 5.35. The van der Waals surface area contributed by atoms with Crippen molar-refractivity contribution in [2.75, 3.05) is 31.6 Å². The number of ether oxygens (including phenoxy) is 2. The van der Waals surface area contributed by atoms with Crippen LogP contribution in [0.3, 0.4) is 0 Å². The Hall–Kier alpha value is -2.06. The van der Waals surface area contributed by atoms with Crippen molar-refractivity contribution in [3.63, 3.8) is 0 Å². The molecule has 0 unspecified atom stereocenters. The summed E-state index contributed by atoms with van der Waals surface area (Å²) < 4.78 is 36.5. The fraction of sp³-hybridized carbons (Fsp3) is 0.400. The van der Waals surface area contributed by atoms with Gasteiger partial charge < -0.3 is 14.8 Å². The molecule has 1 N–H and O–H groups in total. The van der Waals surface area contributed by atoms with E-state index < -0.39 is 15.9 Å². The van der Waals surface area contributed by atoms with Gasteiger partial charge in [0.05, 0.1) is 4.90 Å². The van der Waals surface area contributed by atoms with Crippen LogP contribution in [0.15, 0.2) is 41.2 Å². The first-order valence-corrected chi connectivity index (χ1v) is 8.79. The molecule has 0 atom stereocenters. The van der Waals surface area contributed by atoms with Gasteiger partial charge in [-0.2, -0.15) is 4.31 Å². The van der Waals surface area contributed by atoms with E-state index in [1.54, 1.807) is 26.0 Å². The Morgan fingerprint density at radius 2 is 2.00 bits per heavy atom. The summed E-state index contributed by atoms with van der Waals surface area (Å²) in [6.07, 6.45) is 1.25. The molecule has 0 bridgehead atoms. The summed E-state index contributed by atoms with van der Waals surface area (Å²) >= 11 is 0. The Morgan fingerprint density at radius 3 is 2.61 bits per heavy atom. The topological polar surface area (TPSA) is 84.9 Å². The molecule has 0 saturated heterocycles. The van der Waals surface area contributed by atoms with E-state index in [1.807, 2.05) is 0 Å². The molecule has 126 valence electrons. The second-order valence-corrected chi connectivity index (χ2v) is 6.71. The summed E-state index contributed by atoms with van der Waals surface area (Å²) in [7, 11) is -3.57. The van der Waals surface area contributed by atoms with Crippen LogP contribution < -0.4 is 5.32 Å². The molecule has 0 fully saturated rings. The fourth-order valence-corrected chi connectivity index (χ4v) is 3.63. The lowest BCUT2D eigenvalue weighted by Crippen LogP contribution is -2.30. The molecule has 1 heterocycles. The van der Waals surface area contributed by atoms with Gasteiger partial charge in [0.15, 0.2) is 0 Å². The van der Waals surface area contributed by atoms with Crippen molar-refractivity contribution in [1.29, 1.82) is 0 Å². The van der Waals surface area contributed by atoms with Crippen LogP contribution in [0.1, 0.15) is 13.8 Å². The molecule has 0 aliphatic carbocycles. The van der Waals surface area contributed by atoms with Gasteiger partial charge in [0.1, 0.15) is 19.5 Å². The molecule has 1 aromatic rings. The highest BCUT2D eigenvalue weighted by atomic mass is 32.2. The van der Waals surface area contributed by atoms with Crippen LogP contribution in [0, 0.1) is 0 Å². The monoisotopic (exact) mass is 340 g/mol. The number of benzene rings is 1. The standard InChI is InChI=1S/C15H20N2O5S/c1-3-17(4-2)23(19,20)13-7-5-6-12(10-13)16-15(18)14-11-21-8-9-22-14/h5-7,10-11H,3-4,8-9H2,1-2H3,(H,16,18). The largest absolute Gasteiger partial charge is 0.494 e. The normalized spacial score (nSPS) is 14.7. The predicted octanol–water partition coefficient (Wildman–Crippen LogP) is 1.54. The highest BCUT2D eigenvalue weighted by Crippen LogP contribution is 2.20. The molecule has 0 saturated carbocycles. The lowest BCUT2D eigenvalue weighted by molar-refractivity contribution is -0.117. The van der Waals surface area contributed by atoms with Crippen LogP contribution in [0.4, 0.5) is 5.69 Å². The van der Waals surface area contributed by atoms with Crippen molar-refractivity contribution in [1.82, 2.24) is 4.31 Å². The number of nitrogens with zero attached hydrogens (tertiary/aromatic N) is 1. The van der Waals surface area contributed by atoms with Crippen LogP contribution in [-0.4, -0.2) is 44.9 Å². The number of carbonyl (C=O) groups is 1. The van der Waals surface area contributed by atoms with Crippen molar-refractivity contribution >= 4 is 21.6 Å². The minimum Gasteiger partial charge on any atom is -0.494 e. The van der Waals surface area contributed by atoms with E-state index in [0.717, 1.165) is 0 Å². The smallest absolute Gasteiger partial charge is 0.294 e. The molecular formula is C15H20N2O5S. The molecule has 0 spiro atoms. The minimum absolute atomic E-state index is 0.0632. The van der Waals surface area contributed by atoms with Crippen LogP contribution in [0.25, 0.3) is 0 Å². The quantitative estimate of drug-likeness (QED) is 0.849. The average molecular weight is 340 g/mol. The number of rotatable bonds is 6. The van der Waals surface area contributed by atoms with E-state index in [0.29, 0.717) is 32.0 Å². The summed E-state index contributed by atoms with van der Waals surface area (Å²) in [5, 5.41) is 2.60. The summed E-state index contributed by atoms with van der Waals surface area (Å²) in [5.74, 6) is -0.421. The van der Waals surface area contributed by atoms with Gasteiger partial charge in [-0.25, -0.2) is 8.42 Å². The van der Waals surface area contributed by atoms with Gasteiger partial charge in [-0.05, 0) is 18.2 Å². The van der Waals surface area contributed by atoms with Crippen LogP contribution in [0.2, 0.25) is 0 Å². The molecule has 2 rings (SSSR count). The zero-order chi connectivity index (χ0) is 16.9. The van der Waals surface area contributed by atoms with Crippen molar-refractivity contribution in [2.45, 2.75) is 18.7 Å². The van der Waals surface area contributed by atoms with Gasteiger partial charge in [0, 0.05) is 18.8 Å². The molecule has 8 heteroatoms. The van der Waals surface area contributed by atoms with Crippen molar-refractivity contribution in [2.24, 2.45) is 0 Å². The zero-order valence-corrected chi connectivity index (χ0v) is 13.9. The van der Waals surface area contributed by atoms with Gasteiger partial charge in [0.25, 0.3) is 5.91 Å². The van der Waals surface area contributed by atoms with Crippen molar-refractivity contribution in [3.8, 4) is 0 Å². The Balaban J connectivity index is 2.20. The Kier molecular flexibility index (Phi) is 5.62. The number of hydrogen-bond acceptors (Lipinski definition) is 5. The van der Waals surface area contributed by atoms with E-state index in [4.69, 9.17) is 9.47 Å². The fourth-order valence-electron chi connectivity index (χ4n) is 2.13. The first-order valence-electron chi connectivity index (χ1n) is 7.35. The highest BCUT2D eigenvalue weighted by molar-refractivity contribution is 7.89. The van der Waals surface area contributed by atoms with Gasteiger partial charge in [-0.3, -0.25) is 4.79 Å². The van der Waals surface area contributed by atoms with Gasteiger partial charge in [-0.1, -0.05) is 19.9 Å². The van der Waals surface area contributed by atoms with Crippen LogP contribution in [-0.2, 0) is 24.3 Å². The Morgan fingerprint density at radius 1 is 1.26 bits per heavy atom. The molecular weight excluding hydrogens is 320 g/mol. The average Bonchev–Trinajstić information content (AvgIpc) is 2.57. The van der Waals surface area contributed by atoms with E-state index >= 15 is 0 Å². The summed E-state index contributed by atoms with van der Waals surface area (Å²) in [4.78, 5) is 12.2. The van der Waals surface area contributed by atoms with Gasteiger partial charge in [0.2, 0.25) is 15.8 Å². The third-order valence-electron chi connectivity index (χ3n) is 3.31. The summed E-state index contributed by atoms with van der Waals surface area (Å²) in [6.45, 7) is 5.02. The van der Waals surface area contributed by atoms with E-state index in [-0.39, 0.29) is 10.7 Å². The van der Waals surface area contributed by atoms with Crippen molar-refractivity contribution < 1.29 is 22.7 Å². The second kappa shape index (κ2) is 7.47. The molecule has 1 aromatic carbocycles. The number of nitrogens with one attached hydrogen (secondary N) is 1. The summed E-state index contributed by atoms with van der Waals surface area (Å²) in [6, 6.07) is 6.13. The van der Waals surface area contributed by atoms with E-state index in [1.165, 1.54) is 22.7 Å². The Labute approximate surface area is 135 Å². The van der Waals surface area contributed by atoms with E-state index in [9.17, 15) is 13.2 Å². The lowest BCUT2D eigenvalue weighted by Gasteiger charge is -2.19. The number of hydrogen-bond donors (Lipinski definition) is 1. The first-order chi connectivity index (χ1) is 11.0. The molecule has 1 aliphatic heterocycles. The zero-order valence-electron chi connectivity index (χ0n) is 13.1. The second-order valence-electron chi connectivity index (χ2n) is 4.77. The number of amides is 1.